The van der Waals surface area contributed by atoms with Crippen molar-refractivity contribution >= 4 is 17.7 Å². The number of carbonyl (C=O) groups excluding carboxylic acids is 1. The summed E-state index contributed by atoms with van der Waals surface area (Å²) in [5.41, 5.74) is 0.197. The standard InChI is InChI=1S/C15H19FN2O3/c1-2-18(13-6-4-3-5-11(13)16)15(21)17-12(9-14(19)20)10-7-8-10/h3-6,10,12H,2,7-9H2,1H3,(H,17,21)(H,19,20). The van der Waals surface area contributed by atoms with E-state index in [0.717, 1.165) is 12.8 Å². The van der Waals surface area contributed by atoms with Crippen molar-refractivity contribution in [1.29, 1.82) is 0 Å². The second-order valence-electron chi connectivity index (χ2n) is 5.19. The summed E-state index contributed by atoms with van der Waals surface area (Å²) in [6.45, 7) is 2.05. The number of hydrogen-bond acceptors (Lipinski definition) is 2. The number of aliphatic carboxylic acids is 1. The molecule has 114 valence electrons. The molecule has 0 aliphatic heterocycles. The molecule has 0 saturated heterocycles. The first kappa shape index (κ1) is 15.3. The minimum absolute atomic E-state index is 0.106. The Morgan fingerprint density at radius 1 is 1.43 bits per heavy atom. The summed E-state index contributed by atoms with van der Waals surface area (Å²) in [6, 6.07) is 5.19. The van der Waals surface area contributed by atoms with Gasteiger partial charge in [-0.3, -0.25) is 9.69 Å². The number of carboxylic acids is 1. The number of benzene rings is 1. The van der Waals surface area contributed by atoms with Crippen LogP contribution in [-0.4, -0.2) is 29.7 Å². The summed E-state index contributed by atoms with van der Waals surface area (Å²) in [4.78, 5) is 24.5. The molecule has 5 nitrogen and oxygen atoms in total. The average molecular weight is 294 g/mol. The van der Waals surface area contributed by atoms with Crippen LogP contribution in [0.4, 0.5) is 14.9 Å². The number of anilines is 1. The number of carbonyl (C=O) groups is 2. The lowest BCUT2D eigenvalue weighted by atomic mass is 10.1. The summed E-state index contributed by atoms with van der Waals surface area (Å²) in [7, 11) is 0. The molecule has 0 heterocycles. The van der Waals surface area contributed by atoms with Crippen LogP contribution in [0.5, 0.6) is 0 Å². The zero-order valence-electron chi connectivity index (χ0n) is 11.9. The van der Waals surface area contributed by atoms with Gasteiger partial charge < -0.3 is 10.4 Å². The van der Waals surface area contributed by atoms with Crippen molar-refractivity contribution in [1.82, 2.24) is 5.32 Å². The van der Waals surface area contributed by atoms with E-state index in [4.69, 9.17) is 5.11 Å². The van der Waals surface area contributed by atoms with Crippen molar-refractivity contribution < 1.29 is 19.1 Å². The third kappa shape index (κ3) is 3.93. The minimum atomic E-state index is -0.943. The van der Waals surface area contributed by atoms with Crippen LogP contribution >= 0.6 is 0 Å². The number of rotatable bonds is 6. The highest BCUT2D eigenvalue weighted by Gasteiger charge is 2.34. The van der Waals surface area contributed by atoms with Gasteiger partial charge in [-0.15, -0.1) is 0 Å². The van der Waals surface area contributed by atoms with Gasteiger partial charge in [0.15, 0.2) is 0 Å². The molecule has 6 heteroatoms. The predicted octanol–water partition coefficient (Wildman–Crippen LogP) is 2.61. The van der Waals surface area contributed by atoms with Crippen LogP contribution in [0.3, 0.4) is 0 Å². The van der Waals surface area contributed by atoms with E-state index < -0.39 is 23.9 Å². The fourth-order valence-electron chi connectivity index (χ4n) is 2.35. The van der Waals surface area contributed by atoms with Crippen molar-refractivity contribution in [2.75, 3.05) is 11.4 Å². The monoisotopic (exact) mass is 294 g/mol. The first-order valence-corrected chi connectivity index (χ1v) is 7.07. The Kier molecular flexibility index (Phi) is 4.77. The maximum absolute atomic E-state index is 13.8. The van der Waals surface area contributed by atoms with Crippen molar-refractivity contribution in [3.8, 4) is 0 Å². The van der Waals surface area contributed by atoms with Gasteiger partial charge in [-0.25, -0.2) is 9.18 Å². The van der Waals surface area contributed by atoms with E-state index >= 15 is 0 Å². The first-order chi connectivity index (χ1) is 10.0. The molecule has 0 spiro atoms. The normalized spacial score (nSPS) is 15.3. The van der Waals surface area contributed by atoms with Gasteiger partial charge in [0, 0.05) is 12.6 Å². The summed E-state index contributed by atoms with van der Waals surface area (Å²) >= 11 is 0. The molecule has 1 aromatic rings. The van der Waals surface area contributed by atoms with Gasteiger partial charge in [0.2, 0.25) is 0 Å². The summed E-state index contributed by atoms with van der Waals surface area (Å²) < 4.78 is 13.8. The van der Waals surface area contributed by atoms with Crippen molar-refractivity contribution in [2.45, 2.75) is 32.2 Å². The lowest BCUT2D eigenvalue weighted by molar-refractivity contribution is -0.137. The number of urea groups is 1. The second-order valence-corrected chi connectivity index (χ2v) is 5.19. The SMILES string of the molecule is CCN(C(=O)NC(CC(=O)O)C1CC1)c1ccccc1F. The van der Waals surface area contributed by atoms with Crippen LogP contribution in [0.2, 0.25) is 0 Å². The lowest BCUT2D eigenvalue weighted by Crippen LogP contribution is -2.46. The molecule has 0 aromatic heterocycles. The average Bonchev–Trinajstić information content (AvgIpc) is 3.25. The minimum Gasteiger partial charge on any atom is -0.481 e. The fraction of sp³-hybridized carbons (Fsp3) is 0.467. The second kappa shape index (κ2) is 6.56. The lowest BCUT2D eigenvalue weighted by Gasteiger charge is -2.25. The Morgan fingerprint density at radius 3 is 2.62 bits per heavy atom. The number of amides is 2. The van der Waals surface area contributed by atoms with Crippen LogP contribution in [0, 0.1) is 11.7 Å². The van der Waals surface area contributed by atoms with Gasteiger partial charge in [-0.1, -0.05) is 12.1 Å². The molecule has 1 saturated carbocycles. The molecule has 21 heavy (non-hydrogen) atoms. The summed E-state index contributed by atoms with van der Waals surface area (Å²) in [5.74, 6) is -1.21. The molecule has 0 bridgehead atoms. The maximum Gasteiger partial charge on any atom is 0.322 e. The molecule has 0 radical (unpaired) electrons. The third-order valence-corrected chi connectivity index (χ3v) is 3.60. The molecule has 1 aromatic carbocycles. The van der Waals surface area contributed by atoms with Gasteiger partial charge in [0.05, 0.1) is 12.1 Å². The van der Waals surface area contributed by atoms with Crippen LogP contribution < -0.4 is 10.2 Å². The Bertz CT molecular complexity index is 531. The summed E-state index contributed by atoms with van der Waals surface area (Å²) in [6.07, 6.45) is 1.74. The maximum atomic E-state index is 13.8. The smallest absolute Gasteiger partial charge is 0.322 e. The summed E-state index contributed by atoms with van der Waals surface area (Å²) in [5, 5.41) is 11.6. The van der Waals surface area contributed by atoms with E-state index in [1.54, 1.807) is 19.1 Å². The van der Waals surface area contributed by atoms with E-state index in [2.05, 4.69) is 5.32 Å². The van der Waals surface area contributed by atoms with Gasteiger partial charge in [0.1, 0.15) is 5.82 Å². The number of hydrogen-bond donors (Lipinski definition) is 2. The Morgan fingerprint density at radius 2 is 2.10 bits per heavy atom. The molecule has 1 aliphatic rings. The number of nitrogens with zero attached hydrogens (tertiary/aromatic N) is 1. The highest BCUT2D eigenvalue weighted by molar-refractivity contribution is 5.92. The van der Waals surface area contributed by atoms with E-state index in [1.165, 1.54) is 17.0 Å². The molecule has 1 aliphatic carbocycles. The van der Waals surface area contributed by atoms with Crippen molar-refractivity contribution in [3.63, 3.8) is 0 Å². The first-order valence-electron chi connectivity index (χ1n) is 7.07. The predicted molar refractivity (Wildman–Crippen MR) is 76.7 cm³/mol. The molecular weight excluding hydrogens is 275 g/mol. The molecular formula is C15H19FN2O3. The zero-order chi connectivity index (χ0) is 15.4. The number of halogens is 1. The largest absolute Gasteiger partial charge is 0.481 e. The molecule has 2 rings (SSSR count). The zero-order valence-corrected chi connectivity index (χ0v) is 11.9. The molecule has 2 N–H and O–H groups in total. The number of carboxylic acid groups (broad SMARTS) is 1. The van der Waals surface area contributed by atoms with Crippen LogP contribution in [0.25, 0.3) is 0 Å². The number of para-hydroxylation sites is 1. The van der Waals surface area contributed by atoms with E-state index in [1.807, 2.05) is 0 Å². The Balaban J connectivity index is 2.09. The molecule has 1 atom stereocenters. The fourth-order valence-corrected chi connectivity index (χ4v) is 2.35. The van der Waals surface area contributed by atoms with E-state index in [9.17, 15) is 14.0 Å². The molecule has 1 fully saturated rings. The Hall–Kier alpha value is -2.11. The van der Waals surface area contributed by atoms with Crippen molar-refractivity contribution in [3.05, 3.63) is 30.1 Å². The topological polar surface area (TPSA) is 69.6 Å². The third-order valence-electron chi connectivity index (χ3n) is 3.60. The van der Waals surface area contributed by atoms with Gasteiger partial charge in [-0.2, -0.15) is 0 Å². The number of nitrogens with one attached hydrogen (secondary N) is 1. The van der Waals surface area contributed by atoms with Crippen LogP contribution in [0.1, 0.15) is 26.2 Å². The van der Waals surface area contributed by atoms with Crippen LogP contribution in [0.15, 0.2) is 24.3 Å². The van der Waals surface area contributed by atoms with E-state index in [-0.39, 0.29) is 18.0 Å². The highest BCUT2D eigenvalue weighted by Crippen LogP contribution is 2.34. The quantitative estimate of drug-likeness (QED) is 0.847. The van der Waals surface area contributed by atoms with Crippen molar-refractivity contribution in [2.24, 2.45) is 5.92 Å². The van der Waals surface area contributed by atoms with Gasteiger partial charge in [0.25, 0.3) is 0 Å². The van der Waals surface area contributed by atoms with E-state index in [0.29, 0.717) is 6.54 Å². The molecule has 1 unspecified atom stereocenters. The molecule has 2 amide bonds. The highest BCUT2D eigenvalue weighted by atomic mass is 19.1. The van der Waals surface area contributed by atoms with Crippen LogP contribution in [-0.2, 0) is 4.79 Å². The van der Waals surface area contributed by atoms with Gasteiger partial charge >= 0.3 is 12.0 Å². The Labute approximate surface area is 122 Å². The van der Waals surface area contributed by atoms with Gasteiger partial charge in [-0.05, 0) is 37.8 Å².